The molecule has 1 N–H and O–H groups in total. The third-order valence-electron chi connectivity index (χ3n) is 5.29. The van der Waals surface area contributed by atoms with Gasteiger partial charge in [0.2, 0.25) is 5.01 Å². The zero-order valence-electron chi connectivity index (χ0n) is 17.5. The Morgan fingerprint density at radius 2 is 1.71 bits per heavy atom. The van der Waals surface area contributed by atoms with Crippen LogP contribution in [0.4, 0.5) is 10.5 Å². The molecule has 0 atom stereocenters. The summed E-state index contributed by atoms with van der Waals surface area (Å²) in [4.78, 5) is 31.0. The average Bonchev–Trinajstić information content (AvgIpc) is 3.29. The minimum atomic E-state index is -0.283. The van der Waals surface area contributed by atoms with Gasteiger partial charge < -0.3 is 24.6 Å². The second-order valence-electron chi connectivity index (χ2n) is 7.33. The Morgan fingerprint density at radius 1 is 1.03 bits per heavy atom. The number of urea groups is 1. The van der Waals surface area contributed by atoms with Crippen LogP contribution in [0, 0.1) is 0 Å². The minimum Gasteiger partial charge on any atom is -0.497 e. The second kappa shape index (κ2) is 10.0. The summed E-state index contributed by atoms with van der Waals surface area (Å²) in [6, 6.07) is 7.21. The van der Waals surface area contributed by atoms with E-state index in [0.29, 0.717) is 56.6 Å². The van der Waals surface area contributed by atoms with Crippen molar-refractivity contribution in [2.24, 2.45) is 0 Å². The predicted octanol–water partition coefficient (Wildman–Crippen LogP) is 1.37. The first-order valence-corrected chi connectivity index (χ1v) is 11.1. The minimum absolute atomic E-state index is 0.0938. The fourth-order valence-electron chi connectivity index (χ4n) is 3.51. The molecule has 0 bridgehead atoms. The van der Waals surface area contributed by atoms with Gasteiger partial charge in [-0.1, -0.05) is 11.3 Å². The maximum Gasteiger partial charge on any atom is 0.320 e. The number of anilines is 1. The molecule has 0 radical (unpaired) electrons. The summed E-state index contributed by atoms with van der Waals surface area (Å²) >= 11 is 1.29. The molecule has 1 aromatic carbocycles. The van der Waals surface area contributed by atoms with Crippen LogP contribution in [0.5, 0.6) is 5.75 Å². The van der Waals surface area contributed by atoms with Gasteiger partial charge in [0.15, 0.2) is 0 Å². The molecule has 2 saturated heterocycles. The number of nitrogens with one attached hydrogen (secondary N) is 1. The number of carbonyl (C=O) groups excluding carboxylic acids is 2. The zero-order chi connectivity index (χ0) is 21.6. The lowest BCUT2D eigenvalue weighted by Gasteiger charge is -2.38. The molecule has 3 amide bonds. The number of aromatic nitrogens is 2. The highest BCUT2D eigenvalue weighted by Crippen LogP contribution is 2.18. The summed E-state index contributed by atoms with van der Waals surface area (Å²) in [5.74, 6) is 0.442. The van der Waals surface area contributed by atoms with Crippen LogP contribution in [-0.2, 0) is 11.3 Å². The van der Waals surface area contributed by atoms with Crippen molar-refractivity contribution in [3.05, 3.63) is 34.3 Å². The zero-order valence-corrected chi connectivity index (χ0v) is 18.3. The van der Waals surface area contributed by atoms with Crippen molar-refractivity contribution in [1.29, 1.82) is 0 Å². The summed E-state index contributed by atoms with van der Waals surface area (Å²) in [5, 5.41) is 12.1. The molecule has 166 valence electrons. The summed E-state index contributed by atoms with van der Waals surface area (Å²) in [6.45, 7) is 6.05. The van der Waals surface area contributed by atoms with Crippen molar-refractivity contribution < 1.29 is 19.1 Å². The molecule has 0 saturated carbocycles. The molecular weight excluding hydrogens is 420 g/mol. The third kappa shape index (κ3) is 5.49. The van der Waals surface area contributed by atoms with Crippen LogP contribution >= 0.6 is 11.3 Å². The summed E-state index contributed by atoms with van der Waals surface area (Å²) in [7, 11) is 1.60. The average molecular weight is 447 g/mol. The van der Waals surface area contributed by atoms with E-state index in [1.54, 1.807) is 31.4 Å². The highest BCUT2D eigenvalue weighted by atomic mass is 32.1. The lowest BCUT2D eigenvalue weighted by Crippen LogP contribution is -2.54. The predicted molar refractivity (Wildman–Crippen MR) is 115 cm³/mol. The first-order chi connectivity index (χ1) is 15.1. The Morgan fingerprint density at radius 3 is 2.39 bits per heavy atom. The van der Waals surface area contributed by atoms with Gasteiger partial charge >= 0.3 is 6.03 Å². The molecule has 2 aliphatic rings. The molecular formula is C20H26N6O4S. The summed E-state index contributed by atoms with van der Waals surface area (Å²) in [5.41, 5.74) is 0.670. The number of carbonyl (C=O) groups is 2. The van der Waals surface area contributed by atoms with Gasteiger partial charge in [-0.25, -0.2) is 4.79 Å². The molecule has 10 nitrogen and oxygen atoms in total. The maximum atomic E-state index is 12.6. The molecule has 2 aliphatic heterocycles. The number of amides is 3. The van der Waals surface area contributed by atoms with E-state index in [0.717, 1.165) is 23.8 Å². The van der Waals surface area contributed by atoms with Gasteiger partial charge in [-0.3, -0.25) is 9.69 Å². The highest BCUT2D eigenvalue weighted by Gasteiger charge is 2.27. The first-order valence-electron chi connectivity index (χ1n) is 10.2. The normalized spacial score (nSPS) is 17.5. The van der Waals surface area contributed by atoms with E-state index in [4.69, 9.17) is 9.47 Å². The van der Waals surface area contributed by atoms with E-state index in [2.05, 4.69) is 20.4 Å². The lowest BCUT2D eigenvalue weighted by atomic mass is 10.3. The number of ether oxygens (including phenoxy) is 2. The van der Waals surface area contributed by atoms with Crippen LogP contribution in [0.15, 0.2) is 24.3 Å². The molecule has 0 aliphatic carbocycles. The Kier molecular flexibility index (Phi) is 6.95. The number of methoxy groups -OCH3 is 1. The van der Waals surface area contributed by atoms with Crippen molar-refractivity contribution in [2.75, 3.05) is 64.9 Å². The molecule has 4 rings (SSSR count). The monoisotopic (exact) mass is 446 g/mol. The fraction of sp³-hybridized carbons (Fsp3) is 0.500. The van der Waals surface area contributed by atoms with E-state index < -0.39 is 0 Å². The quantitative estimate of drug-likeness (QED) is 0.740. The van der Waals surface area contributed by atoms with Crippen LogP contribution < -0.4 is 10.1 Å². The van der Waals surface area contributed by atoms with Gasteiger partial charge in [0.05, 0.1) is 26.9 Å². The number of piperazine rings is 1. The number of hydrogen-bond donors (Lipinski definition) is 1. The lowest BCUT2D eigenvalue weighted by molar-refractivity contribution is 0.0373. The van der Waals surface area contributed by atoms with Gasteiger partial charge in [0, 0.05) is 45.0 Å². The number of rotatable bonds is 5. The van der Waals surface area contributed by atoms with Crippen molar-refractivity contribution >= 4 is 29.0 Å². The number of nitrogens with zero attached hydrogens (tertiary/aromatic N) is 5. The summed E-state index contributed by atoms with van der Waals surface area (Å²) < 4.78 is 10.4. The first kappa shape index (κ1) is 21.5. The summed E-state index contributed by atoms with van der Waals surface area (Å²) in [6.07, 6.45) is 0. The van der Waals surface area contributed by atoms with Crippen molar-refractivity contribution in [1.82, 2.24) is 24.9 Å². The van der Waals surface area contributed by atoms with Crippen molar-refractivity contribution in [3.63, 3.8) is 0 Å². The molecule has 1 aromatic heterocycles. The van der Waals surface area contributed by atoms with Crippen LogP contribution in [0.3, 0.4) is 0 Å². The number of hydrogen-bond acceptors (Lipinski definition) is 8. The van der Waals surface area contributed by atoms with E-state index in [1.165, 1.54) is 11.3 Å². The Balaban J connectivity index is 1.25. The van der Waals surface area contributed by atoms with E-state index >= 15 is 0 Å². The van der Waals surface area contributed by atoms with Crippen LogP contribution in [0.2, 0.25) is 0 Å². The van der Waals surface area contributed by atoms with Crippen LogP contribution in [0.1, 0.15) is 14.8 Å². The van der Waals surface area contributed by atoms with Crippen molar-refractivity contribution in [3.8, 4) is 5.75 Å². The number of morpholine rings is 1. The fourth-order valence-corrected chi connectivity index (χ4v) is 4.29. The second-order valence-corrected chi connectivity index (χ2v) is 8.39. The SMILES string of the molecule is COc1ccc(NC(=O)c2nnc(CN3CCN(C(=O)N4CCOCC4)CC3)s2)cc1. The van der Waals surface area contributed by atoms with Gasteiger partial charge in [0.25, 0.3) is 5.91 Å². The maximum absolute atomic E-state index is 12.6. The van der Waals surface area contributed by atoms with Gasteiger partial charge in [-0.15, -0.1) is 10.2 Å². The molecule has 31 heavy (non-hydrogen) atoms. The van der Waals surface area contributed by atoms with Crippen molar-refractivity contribution in [2.45, 2.75) is 6.54 Å². The Labute approximate surface area is 184 Å². The topological polar surface area (TPSA) is 100 Å². The Bertz CT molecular complexity index is 891. The van der Waals surface area contributed by atoms with Gasteiger partial charge in [-0.05, 0) is 24.3 Å². The standard InChI is InChI=1S/C20H26N6O4S/c1-29-16-4-2-15(3-5-16)21-18(27)19-23-22-17(31-19)14-24-6-8-25(9-7-24)20(28)26-10-12-30-13-11-26/h2-5H,6-14H2,1H3,(H,21,27). The largest absolute Gasteiger partial charge is 0.497 e. The van der Waals surface area contributed by atoms with Gasteiger partial charge in [-0.2, -0.15) is 0 Å². The third-order valence-corrected chi connectivity index (χ3v) is 6.20. The highest BCUT2D eigenvalue weighted by molar-refractivity contribution is 7.13. The van der Waals surface area contributed by atoms with Crippen LogP contribution in [-0.4, -0.2) is 96.4 Å². The van der Waals surface area contributed by atoms with E-state index in [1.807, 2.05) is 9.80 Å². The molecule has 0 spiro atoms. The molecule has 3 heterocycles. The molecule has 2 fully saturated rings. The smallest absolute Gasteiger partial charge is 0.320 e. The molecule has 11 heteroatoms. The molecule has 0 unspecified atom stereocenters. The van der Waals surface area contributed by atoms with E-state index in [-0.39, 0.29) is 11.9 Å². The molecule has 2 aromatic rings. The van der Waals surface area contributed by atoms with Gasteiger partial charge in [0.1, 0.15) is 10.8 Å². The number of benzene rings is 1. The van der Waals surface area contributed by atoms with Crippen LogP contribution in [0.25, 0.3) is 0 Å². The Hall–Kier alpha value is -2.76. The van der Waals surface area contributed by atoms with E-state index in [9.17, 15) is 9.59 Å².